The Morgan fingerprint density at radius 3 is 2.59 bits per heavy atom. The van der Waals surface area contributed by atoms with Crippen molar-refractivity contribution in [1.29, 1.82) is 0 Å². The summed E-state index contributed by atoms with van der Waals surface area (Å²) in [4.78, 5) is 8.24. The number of nitrogens with zero attached hydrogens (tertiary/aromatic N) is 4. The Morgan fingerprint density at radius 1 is 1.10 bits per heavy atom. The molecule has 0 aliphatic rings. The predicted octanol–water partition coefficient (Wildman–Crippen LogP) is 3.29. The van der Waals surface area contributed by atoms with Crippen LogP contribution in [-0.4, -0.2) is 27.8 Å². The van der Waals surface area contributed by atoms with Crippen molar-refractivity contribution in [3.63, 3.8) is 0 Å². The van der Waals surface area contributed by atoms with Crippen LogP contribution in [0.4, 0.5) is 17.6 Å². The van der Waals surface area contributed by atoms with E-state index >= 15 is 0 Å². The van der Waals surface area contributed by atoms with Crippen LogP contribution in [0.5, 0.6) is 0 Å². The summed E-state index contributed by atoms with van der Waals surface area (Å²) >= 11 is 0. The number of alkyl halides is 3. The third kappa shape index (κ3) is 5.31. The molecule has 2 N–H and O–H groups in total. The molecule has 0 bridgehead atoms. The van der Waals surface area contributed by atoms with E-state index < -0.39 is 17.6 Å². The lowest BCUT2D eigenvalue weighted by Gasteiger charge is -2.16. The van der Waals surface area contributed by atoms with Crippen LogP contribution in [0.1, 0.15) is 16.7 Å². The highest BCUT2D eigenvalue weighted by atomic mass is 19.4. The second-order valence-corrected chi connectivity index (χ2v) is 6.05. The van der Waals surface area contributed by atoms with Crippen molar-refractivity contribution in [2.24, 2.45) is 4.99 Å². The highest BCUT2D eigenvalue weighted by Gasteiger charge is 2.33. The van der Waals surface area contributed by atoms with E-state index in [-0.39, 0.29) is 12.1 Å². The molecule has 0 fully saturated rings. The van der Waals surface area contributed by atoms with Crippen LogP contribution in [0.3, 0.4) is 0 Å². The number of halogens is 4. The van der Waals surface area contributed by atoms with E-state index in [0.29, 0.717) is 24.4 Å². The van der Waals surface area contributed by atoms with Crippen molar-refractivity contribution in [3.05, 3.63) is 77.5 Å². The molecule has 0 unspecified atom stereocenters. The van der Waals surface area contributed by atoms with Gasteiger partial charge in [0, 0.05) is 38.7 Å². The van der Waals surface area contributed by atoms with Crippen LogP contribution in [0.2, 0.25) is 0 Å². The average Bonchev–Trinajstić information content (AvgIpc) is 3.23. The van der Waals surface area contributed by atoms with Gasteiger partial charge in [0.05, 0.1) is 5.56 Å². The monoisotopic (exact) mass is 406 g/mol. The molecule has 3 aromatic rings. The first-order valence-corrected chi connectivity index (χ1v) is 8.62. The highest BCUT2D eigenvalue weighted by Crippen LogP contribution is 2.32. The molecule has 0 radical (unpaired) electrons. The normalized spacial score (nSPS) is 12.1. The minimum absolute atomic E-state index is 0.0771. The molecule has 2 heterocycles. The molecule has 3 rings (SSSR count). The Hall–Kier alpha value is -3.43. The quantitative estimate of drug-likeness (QED) is 0.388. The molecule has 10 heteroatoms. The van der Waals surface area contributed by atoms with Crippen molar-refractivity contribution in [2.45, 2.75) is 19.3 Å². The van der Waals surface area contributed by atoms with Gasteiger partial charge in [-0.25, -0.2) is 14.1 Å². The predicted molar refractivity (Wildman–Crippen MR) is 99.8 cm³/mol. The summed E-state index contributed by atoms with van der Waals surface area (Å²) in [6.07, 6.45) is 0.401. The Bertz CT molecular complexity index is 983. The lowest BCUT2D eigenvalue weighted by Crippen LogP contribution is -2.36. The van der Waals surface area contributed by atoms with E-state index in [9.17, 15) is 17.6 Å². The molecule has 0 spiro atoms. The van der Waals surface area contributed by atoms with Crippen LogP contribution in [0.15, 0.2) is 60.0 Å². The van der Waals surface area contributed by atoms with Crippen molar-refractivity contribution in [1.82, 2.24) is 25.4 Å². The second kappa shape index (κ2) is 8.72. The summed E-state index contributed by atoms with van der Waals surface area (Å²) < 4.78 is 54.1. The van der Waals surface area contributed by atoms with Gasteiger partial charge in [-0.05, 0) is 41.5 Å². The maximum absolute atomic E-state index is 13.2. The molecule has 0 aliphatic heterocycles. The molecule has 2 aromatic heterocycles. The Morgan fingerprint density at radius 2 is 1.90 bits per heavy atom. The number of nitrogens with one attached hydrogen (secondary N) is 2. The van der Waals surface area contributed by atoms with Crippen LogP contribution in [-0.2, 0) is 19.3 Å². The van der Waals surface area contributed by atoms with Gasteiger partial charge in [-0.1, -0.05) is 6.07 Å². The summed E-state index contributed by atoms with van der Waals surface area (Å²) in [6, 6.07) is 8.00. The number of rotatable bonds is 5. The minimum atomic E-state index is -4.64. The maximum Gasteiger partial charge on any atom is 0.416 e. The number of aromatic nitrogens is 3. The molecule has 0 saturated carbocycles. The fraction of sp³-hybridized carbons (Fsp3) is 0.211. The summed E-state index contributed by atoms with van der Waals surface area (Å²) in [5.41, 5.74) is -0.212. The average molecular weight is 406 g/mol. The van der Waals surface area contributed by atoms with Gasteiger partial charge in [-0.15, -0.1) is 0 Å². The van der Waals surface area contributed by atoms with Gasteiger partial charge in [0.2, 0.25) is 0 Å². The Balaban J connectivity index is 1.63. The fourth-order valence-electron chi connectivity index (χ4n) is 2.65. The number of benzene rings is 1. The van der Waals surface area contributed by atoms with Crippen molar-refractivity contribution in [3.8, 4) is 5.82 Å². The van der Waals surface area contributed by atoms with Crippen LogP contribution >= 0.6 is 0 Å². The lowest BCUT2D eigenvalue weighted by molar-refractivity contribution is -0.138. The molecule has 6 nitrogen and oxygen atoms in total. The third-order valence-electron chi connectivity index (χ3n) is 4.06. The van der Waals surface area contributed by atoms with Crippen LogP contribution in [0.25, 0.3) is 5.82 Å². The zero-order chi connectivity index (χ0) is 20.9. The fourth-order valence-corrected chi connectivity index (χ4v) is 2.65. The standard InChI is InChI=1S/C19H18F4N6/c1-24-18(27-12-14-3-4-15(20)10-16(14)19(21,22)23)26-11-13-5-7-25-17(9-13)29-8-2-6-28-29/h2-10H,11-12H2,1H3,(H2,24,26,27). The van der Waals surface area contributed by atoms with Gasteiger partial charge in [-0.3, -0.25) is 4.99 Å². The zero-order valence-corrected chi connectivity index (χ0v) is 15.4. The lowest BCUT2D eigenvalue weighted by atomic mass is 10.1. The molecular weight excluding hydrogens is 388 g/mol. The number of pyridine rings is 1. The van der Waals surface area contributed by atoms with Crippen molar-refractivity contribution in [2.75, 3.05) is 7.05 Å². The van der Waals surface area contributed by atoms with E-state index in [1.54, 1.807) is 35.4 Å². The van der Waals surface area contributed by atoms with Gasteiger partial charge in [0.25, 0.3) is 0 Å². The molecule has 0 amide bonds. The number of aliphatic imine (C=N–C) groups is 1. The summed E-state index contributed by atoms with van der Waals surface area (Å²) in [6.45, 7) is 0.204. The first-order chi connectivity index (χ1) is 13.9. The van der Waals surface area contributed by atoms with Gasteiger partial charge in [0.15, 0.2) is 11.8 Å². The smallest absolute Gasteiger partial charge is 0.352 e. The Kier molecular flexibility index (Phi) is 6.10. The third-order valence-corrected chi connectivity index (χ3v) is 4.06. The zero-order valence-electron chi connectivity index (χ0n) is 15.4. The summed E-state index contributed by atoms with van der Waals surface area (Å²) in [5, 5.41) is 9.95. The minimum Gasteiger partial charge on any atom is -0.352 e. The topological polar surface area (TPSA) is 67.1 Å². The molecule has 0 atom stereocenters. The highest BCUT2D eigenvalue weighted by molar-refractivity contribution is 5.79. The second-order valence-electron chi connectivity index (χ2n) is 6.05. The van der Waals surface area contributed by atoms with Gasteiger partial charge >= 0.3 is 6.18 Å². The van der Waals surface area contributed by atoms with E-state index in [4.69, 9.17) is 0 Å². The van der Waals surface area contributed by atoms with E-state index in [1.807, 2.05) is 6.07 Å². The van der Waals surface area contributed by atoms with Gasteiger partial charge in [0.1, 0.15) is 5.82 Å². The molecule has 1 aromatic carbocycles. The van der Waals surface area contributed by atoms with Gasteiger partial charge in [-0.2, -0.15) is 18.3 Å². The largest absolute Gasteiger partial charge is 0.416 e. The van der Waals surface area contributed by atoms with E-state index in [2.05, 4.69) is 25.7 Å². The molecular formula is C19H18F4N6. The summed E-state index contributed by atoms with van der Waals surface area (Å²) in [5.74, 6) is 0.00698. The maximum atomic E-state index is 13.2. The SMILES string of the molecule is CN=C(NCc1ccnc(-n2cccn2)c1)NCc1ccc(F)cc1C(F)(F)F. The Labute approximate surface area is 164 Å². The van der Waals surface area contributed by atoms with Crippen molar-refractivity contribution < 1.29 is 17.6 Å². The molecule has 0 aliphatic carbocycles. The number of hydrogen-bond acceptors (Lipinski definition) is 3. The molecule has 0 saturated heterocycles. The summed E-state index contributed by atoms with van der Waals surface area (Å²) in [7, 11) is 1.51. The number of guanidine groups is 1. The van der Waals surface area contributed by atoms with Crippen LogP contribution < -0.4 is 10.6 Å². The van der Waals surface area contributed by atoms with E-state index in [0.717, 1.165) is 17.7 Å². The van der Waals surface area contributed by atoms with Crippen molar-refractivity contribution >= 4 is 5.96 Å². The van der Waals surface area contributed by atoms with Crippen LogP contribution in [0, 0.1) is 5.82 Å². The first-order valence-electron chi connectivity index (χ1n) is 8.62. The molecule has 29 heavy (non-hydrogen) atoms. The number of hydrogen-bond donors (Lipinski definition) is 2. The van der Waals surface area contributed by atoms with E-state index in [1.165, 1.54) is 7.05 Å². The van der Waals surface area contributed by atoms with Gasteiger partial charge < -0.3 is 10.6 Å². The first kappa shape index (κ1) is 20.3. The molecule has 152 valence electrons.